The van der Waals surface area contributed by atoms with E-state index in [0.29, 0.717) is 0 Å². The predicted octanol–water partition coefficient (Wildman–Crippen LogP) is 2.57. The number of aliphatic hydroxyl groups is 2. The van der Waals surface area contributed by atoms with Crippen LogP contribution in [0.3, 0.4) is 0 Å². The number of benzene rings is 1. The third-order valence-electron chi connectivity index (χ3n) is 8.41. The van der Waals surface area contributed by atoms with Gasteiger partial charge in [-0.05, 0) is 51.7 Å². The third kappa shape index (κ3) is 4.36. The quantitative estimate of drug-likeness (QED) is 0.333. The minimum absolute atomic E-state index is 0.140. The lowest BCUT2D eigenvalue weighted by Gasteiger charge is -2.64. The Kier molecular flexibility index (Phi) is 7.03. The molecule has 0 aromatic heterocycles. The monoisotopic (exact) mass is 516 g/mol. The summed E-state index contributed by atoms with van der Waals surface area (Å²) in [7, 11) is 0. The molecule has 1 aromatic carbocycles. The third-order valence-corrected chi connectivity index (χ3v) is 8.41. The fourth-order valence-corrected chi connectivity index (χ4v) is 6.85. The summed E-state index contributed by atoms with van der Waals surface area (Å²) in [5.41, 5.74) is -5.09. The molecular weight excluding hydrogens is 480 g/mol. The molecule has 1 aliphatic heterocycles. The topological polar surface area (TPSA) is 129 Å². The van der Waals surface area contributed by atoms with E-state index in [2.05, 4.69) is 0 Å². The number of ether oxygens (including phenoxy) is 4. The molecule has 2 saturated carbocycles. The van der Waals surface area contributed by atoms with Crippen LogP contribution in [0.5, 0.6) is 0 Å². The Morgan fingerprint density at radius 1 is 1.05 bits per heavy atom. The highest BCUT2D eigenvalue weighted by molar-refractivity contribution is 5.87. The first-order valence-electron chi connectivity index (χ1n) is 12.6. The molecule has 4 rings (SSSR count). The van der Waals surface area contributed by atoms with Crippen molar-refractivity contribution in [1.82, 2.24) is 0 Å². The molecule has 0 unspecified atom stereocenters. The van der Waals surface area contributed by atoms with Crippen LogP contribution in [0.25, 0.3) is 6.08 Å². The molecule has 0 radical (unpaired) electrons. The summed E-state index contributed by atoms with van der Waals surface area (Å²) in [6, 6.07) is 9.22. The molecule has 0 amide bonds. The normalized spacial score (nSPS) is 38.0. The van der Waals surface area contributed by atoms with Gasteiger partial charge in [0.2, 0.25) is 0 Å². The van der Waals surface area contributed by atoms with Gasteiger partial charge in [0.15, 0.2) is 0 Å². The molecule has 1 aromatic rings. The van der Waals surface area contributed by atoms with Crippen LogP contribution < -0.4 is 0 Å². The van der Waals surface area contributed by atoms with E-state index in [1.165, 1.54) is 19.9 Å². The van der Waals surface area contributed by atoms with Crippen molar-refractivity contribution in [2.24, 2.45) is 11.3 Å². The number of fused-ring (bicyclic) bond motifs is 1. The van der Waals surface area contributed by atoms with Crippen molar-refractivity contribution < 1.29 is 43.5 Å². The zero-order valence-electron chi connectivity index (χ0n) is 21.9. The van der Waals surface area contributed by atoms with Crippen molar-refractivity contribution in [1.29, 1.82) is 0 Å². The molecule has 2 N–H and O–H groups in total. The molecule has 202 valence electrons. The standard InChI is InChI=1S/C28H36O9/c1-17(29)34-16-27-21(35-18(2)30)13-14-26(5,33)28(27)24(32)20(25(3,4)37-28)15-22(27)36-23(31)12-11-19-9-7-6-8-10-19/h6-12,20-22,24,32-33H,13-16H2,1-5H3/b12-11+/t20-,21+,22+,24-,26+,27+,28+/m1/s1. The van der Waals surface area contributed by atoms with Gasteiger partial charge >= 0.3 is 17.9 Å². The van der Waals surface area contributed by atoms with Gasteiger partial charge in [-0.1, -0.05) is 30.3 Å². The van der Waals surface area contributed by atoms with Crippen molar-refractivity contribution in [2.75, 3.05) is 6.61 Å². The van der Waals surface area contributed by atoms with Crippen LogP contribution in [0.2, 0.25) is 0 Å². The average molecular weight is 517 g/mol. The van der Waals surface area contributed by atoms with Gasteiger partial charge in [-0.15, -0.1) is 0 Å². The van der Waals surface area contributed by atoms with Crippen LogP contribution in [0, 0.1) is 11.3 Å². The average Bonchev–Trinajstić information content (AvgIpc) is 2.96. The van der Waals surface area contributed by atoms with Gasteiger partial charge in [0.1, 0.15) is 29.8 Å². The Morgan fingerprint density at radius 3 is 2.35 bits per heavy atom. The number of carbonyl (C=O) groups excluding carboxylic acids is 3. The SMILES string of the molecule is CC(=O)OC[C@@]12[C@@H](OC(C)=O)CC[C@](C)(O)[C@]13OC(C)(C)[C@H](C[C@@H]2OC(=O)/C=C/c1ccccc1)[C@H]3O. The van der Waals surface area contributed by atoms with Crippen LogP contribution >= 0.6 is 0 Å². The molecule has 3 aliphatic rings. The highest BCUT2D eigenvalue weighted by Crippen LogP contribution is 2.68. The summed E-state index contributed by atoms with van der Waals surface area (Å²) >= 11 is 0. The Hall–Kier alpha value is -2.75. The molecule has 1 spiro atoms. The summed E-state index contributed by atoms with van der Waals surface area (Å²) in [4.78, 5) is 37.4. The minimum Gasteiger partial charge on any atom is -0.465 e. The van der Waals surface area contributed by atoms with Crippen LogP contribution in [0.15, 0.2) is 36.4 Å². The molecule has 37 heavy (non-hydrogen) atoms. The van der Waals surface area contributed by atoms with E-state index in [1.54, 1.807) is 26.8 Å². The Labute approximate surface area is 216 Å². The highest BCUT2D eigenvalue weighted by atomic mass is 16.6. The summed E-state index contributed by atoms with van der Waals surface area (Å²) in [6.07, 6.45) is 0.200. The van der Waals surface area contributed by atoms with Crippen LogP contribution in [0.4, 0.5) is 0 Å². The summed E-state index contributed by atoms with van der Waals surface area (Å²) in [6.45, 7) is 7.26. The van der Waals surface area contributed by atoms with Gasteiger partial charge < -0.3 is 29.2 Å². The highest BCUT2D eigenvalue weighted by Gasteiger charge is 2.83. The van der Waals surface area contributed by atoms with Gasteiger partial charge in [-0.2, -0.15) is 0 Å². The zero-order chi connectivity index (χ0) is 27.2. The van der Waals surface area contributed by atoms with E-state index in [4.69, 9.17) is 18.9 Å². The molecule has 2 aliphatic carbocycles. The van der Waals surface area contributed by atoms with Gasteiger partial charge in [0, 0.05) is 25.8 Å². The van der Waals surface area contributed by atoms with E-state index >= 15 is 0 Å². The number of hydrogen-bond donors (Lipinski definition) is 2. The fraction of sp³-hybridized carbons (Fsp3) is 0.607. The molecule has 9 nitrogen and oxygen atoms in total. The lowest BCUT2D eigenvalue weighted by atomic mass is 9.47. The first-order chi connectivity index (χ1) is 17.3. The predicted molar refractivity (Wildman–Crippen MR) is 132 cm³/mol. The second kappa shape index (κ2) is 9.53. The van der Waals surface area contributed by atoms with Gasteiger partial charge in [-0.3, -0.25) is 9.59 Å². The Bertz CT molecular complexity index is 1080. The van der Waals surface area contributed by atoms with Crippen molar-refractivity contribution in [3.8, 4) is 0 Å². The van der Waals surface area contributed by atoms with E-state index in [-0.39, 0.29) is 19.3 Å². The van der Waals surface area contributed by atoms with Crippen LogP contribution in [-0.2, 0) is 33.3 Å². The van der Waals surface area contributed by atoms with Crippen molar-refractivity contribution >= 4 is 24.0 Å². The molecular formula is C28H36O9. The summed E-state index contributed by atoms with van der Waals surface area (Å²) < 4.78 is 23.9. The summed E-state index contributed by atoms with van der Waals surface area (Å²) in [5, 5.41) is 23.5. The minimum atomic E-state index is -1.76. The zero-order valence-corrected chi connectivity index (χ0v) is 21.9. The van der Waals surface area contributed by atoms with E-state index in [9.17, 15) is 24.6 Å². The Morgan fingerprint density at radius 2 is 1.73 bits per heavy atom. The molecule has 3 fully saturated rings. The number of hydrogen-bond acceptors (Lipinski definition) is 9. The van der Waals surface area contributed by atoms with Crippen LogP contribution in [0.1, 0.15) is 59.4 Å². The molecule has 2 bridgehead atoms. The van der Waals surface area contributed by atoms with Crippen molar-refractivity contribution in [3.63, 3.8) is 0 Å². The smallest absolute Gasteiger partial charge is 0.331 e. The second-order valence-corrected chi connectivity index (χ2v) is 11.1. The lowest BCUT2D eigenvalue weighted by molar-refractivity contribution is -0.340. The van der Waals surface area contributed by atoms with E-state index in [0.717, 1.165) is 5.56 Å². The number of carbonyl (C=O) groups is 3. The van der Waals surface area contributed by atoms with Gasteiger partial charge in [-0.25, -0.2) is 4.79 Å². The number of rotatable bonds is 6. The maximum absolute atomic E-state index is 13.1. The number of esters is 3. The van der Waals surface area contributed by atoms with Gasteiger partial charge in [0.25, 0.3) is 0 Å². The largest absolute Gasteiger partial charge is 0.465 e. The summed E-state index contributed by atoms with van der Waals surface area (Å²) in [5.74, 6) is -2.38. The number of aliphatic hydroxyl groups excluding tert-OH is 1. The first-order valence-corrected chi connectivity index (χ1v) is 12.6. The van der Waals surface area contributed by atoms with Crippen LogP contribution in [-0.4, -0.2) is 69.8 Å². The van der Waals surface area contributed by atoms with Crippen molar-refractivity contribution in [2.45, 2.75) is 89.0 Å². The molecule has 9 heteroatoms. The maximum Gasteiger partial charge on any atom is 0.331 e. The second-order valence-electron chi connectivity index (χ2n) is 11.1. The first kappa shape index (κ1) is 27.3. The van der Waals surface area contributed by atoms with E-state index < -0.39 is 71.0 Å². The molecule has 7 atom stereocenters. The Balaban J connectivity index is 1.84. The van der Waals surface area contributed by atoms with E-state index in [1.807, 2.05) is 30.3 Å². The maximum atomic E-state index is 13.1. The lowest BCUT2D eigenvalue weighted by Crippen LogP contribution is -2.80. The van der Waals surface area contributed by atoms with Crippen molar-refractivity contribution in [3.05, 3.63) is 42.0 Å². The van der Waals surface area contributed by atoms with Gasteiger partial charge in [0.05, 0.1) is 17.3 Å². The molecule has 1 heterocycles. The molecule has 1 saturated heterocycles. The fourth-order valence-electron chi connectivity index (χ4n) is 6.85.